The molecule has 1 aromatic heterocycles. The summed E-state index contributed by atoms with van der Waals surface area (Å²) in [5.41, 5.74) is 0.923. The molecule has 12 heteroatoms. The molecule has 1 unspecified atom stereocenters. The first kappa shape index (κ1) is 21.8. The number of amides is 2. The second kappa shape index (κ2) is 7.71. The Kier molecular flexibility index (Phi) is 5.59. The number of rotatable bonds is 3. The Morgan fingerprint density at radius 2 is 1.97 bits per heavy atom. The molecule has 0 saturated carbocycles. The third-order valence-electron chi connectivity index (χ3n) is 4.44. The van der Waals surface area contributed by atoms with Crippen molar-refractivity contribution in [3.8, 4) is 0 Å². The first-order chi connectivity index (χ1) is 13.9. The highest BCUT2D eigenvalue weighted by molar-refractivity contribution is 6.31. The SMILES string of the molecule is Cc1cc(C(F)(F)F)cc(N2NC(=O)CC2C(=O)N(C)c2ccc(F)c(Cl)c2F)n1. The van der Waals surface area contributed by atoms with Gasteiger partial charge in [-0.3, -0.25) is 20.0 Å². The van der Waals surface area contributed by atoms with E-state index in [1.807, 2.05) is 0 Å². The minimum atomic E-state index is -4.67. The van der Waals surface area contributed by atoms with E-state index in [0.29, 0.717) is 6.07 Å². The minimum absolute atomic E-state index is 0.0110. The van der Waals surface area contributed by atoms with Gasteiger partial charge in [0, 0.05) is 12.7 Å². The van der Waals surface area contributed by atoms with Gasteiger partial charge in [0.2, 0.25) is 5.91 Å². The maximum atomic E-state index is 14.3. The lowest BCUT2D eigenvalue weighted by molar-refractivity contribution is -0.137. The van der Waals surface area contributed by atoms with Crippen LogP contribution < -0.4 is 15.3 Å². The molecule has 0 spiro atoms. The second-order valence-corrected chi connectivity index (χ2v) is 6.95. The fourth-order valence-corrected chi connectivity index (χ4v) is 3.15. The van der Waals surface area contributed by atoms with Gasteiger partial charge in [0.1, 0.15) is 22.7 Å². The van der Waals surface area contributed by atoms with E-state index in [1.54, 1.807) is 0 Å². The summed E-state index contributed by atoms with van der Waals surface area (Å²) in [4.78, 5) is 29.6. The number of aromatic nitrogens is 1. The molecule has 1 N–H and O–H groups in total. The molecule has 0 aliphatic carbocycles. The maximum Gasteiger partial charge on any atom is 0.416 e. The molecule has 1 aliphatic rings. The van der Waals surface area contributed by atoms with Gasteiger partial charge in [-0.1, -0.05) is 11.6 Å². The smallest absolute Gasteiger partial charge is 0.311 e. The highest BCUT2D eigenvalue weighted by Crippen LogP contribution is 2.33. The normalized spacial score (nSPS) is 16.6. The van der Waals surface area contributed by atoms with Gasteiger partial charge >= 0.3 is 6.18 Å². The van der Waals surface area contributed by atoms with Gasteiger partial charge in [-0.15, -0.1) is 0 Å². The van der Waals surface area contributed by atoms with Gasteiger partial charge in [0.15, 0.2) is 5.82 Å². The number of nitrogens with one attached hydrogen (secondary N) is 1. The highest BCUT2D eigenvalue weighted by Gasteiger charge is 2.40. The van der Waals surface area contributed by atoms with E-state index in [2.05, 4.69) is 10.4 Å². The number of pyridine rings is 1. The summed E-state index contributed by atoms with van der Waals surface area (Å²) >= 11 is 5.54. The predicted octanol–water partition coefficient (Wildman–Crippen LogP) is 3.61. The van der Waals surface area contributed by atoms with Crippen LogP contribution in [0.3, 0.4) is 0 Å². The van der Waals surface area contributed by atoms with Crippen LogP contribution in [0.25, 0.3) is 0 Å². The van der Waals surface area contributed by atoms with Crippen molar-refractivity contribution in [2.24, 2.45) is 0 Å². The summed E-state index contributed by atoms with van der Waals surface area (Å²) in [5, 5.41) is 0.0756. The van der Waals surface area contributed by atoms with Crippen LogP contribution >= 0.6 is 11.6 Å². The van der Waals surface area contributed by atoms with Crippen LogP contribution in [0.1, 0.15) is 17.7 Å². The number of aryl methyl sites for hydroxylation is 1. The Hall–Kier alpha value is -2.95. The number of anilines is 2. The van der Waals surface area contributed by atoms with Gasteiger partial charge in [0.25, 0.3) is 5.91 Å². The Balaban J connectivity index is 1.97. The number of benzene rings is 1. The lowest BCUT2D eigenvalue weighted by Crippen LogP contribution is -2.48. The Bertz CT molecular complexity index is 1030. The van der Waals surface area contributed by atoms with Crippen molar-refractivity contribution in [3.05, 3.63) is 52.2 Å². The van der Waals surface area contributed by atoms with E-state index in [-0.39, 0.29) is 17.2 Å². The molecule has 6 nitrogen and oxygen atoms in total. The number of alkyl halides is 3. The third kappa shape index (κ3) is 4.02. The fraction of sp³-hybridized carbons (Fsp3) is 0.278. The first-order valence-electron chi connectivity index (χ1n) is 8.46. The second-order valence-electron chi connectivity index (χ2n) is 6.57. The van der Waals surface area contributed by atoms with Gasteiger partial charge in [-0.05, 0) is 31.2 Å². The molecule has 0 radical (unpaired) electrons. The van der Waals surface area contributed by atoms with Crippen LogP contribution in [0, 0.1) is 18.6 Å². The zero-order valence-electron chi connectivity index (χ0n) is 15.5. The lowest BCUT2D eigenvalue weighted by Gasteiger charge is -2.28. The Morgan fingerprint density at radius 3 is 2.60 bits per heavy atom. The number of hydrazine groups is 1. The molecule has 0 bridgehead atoms. The molecule has 3 rings (SSSR count). The van der Waals surface area contributed by atoms with E-state index in [4.69, 9.17) is 11.6 Å². The van der Waals surface area contributed by atoms with Crippen molar-refractivity contribution in [1.29, 1.82) is 0 Å². The number of carbonyl (C=O) groups is 2. The molecule has 160 valence electrons. The third-order valence-corrected chi connectivity index (χ3v) is 4.79. The molecule has 1 atom stereocenters. The molecular weight excluding hydrogens is 435 g/mol. The van der Waals surface area contributed by atoms with Crippen LogP contribution in [0.2, 0.25) is 5.02 Å². The Morgan fingerprint density at radius 1 is 1.30 bits per heavy atom. The topological polar surface area (TPSA) is 65.5 Å². The monoisotopic (exact) mass is 448 g/mol. The number of carbonyl (C=O) groups excluding carboxylic acids is 2. The van der Waals surface area contributed by atoms with E-state index in [1.165, 1.54) is 14.0 Å². The number of hydrogen-bond donors (Lipinski definition) is 1. The molecule has 1 saturated heterocycles. The zero-order chi connectivity index (χ0) is 22.4. The largest absolute Gasteiger partial charge is 0.416 e. The molecule has 2 aromatic rings. The van der Waals surface area contributed by atoms with E-state index in [9.17, 15) is 31.5 Å². The van der Waals surface area contributed by atoms with Crippen molar-refractivity contribution in [2.75, 3.05) is 17.0 Å². The zero-order valence-corrected chi connectivity index (χ0v) is 16.3. The standard InChI is InChI=1S/C18H14ClF5N4O2/c1-8-5-9(18(22,23)24)6-13(25-8)28-12(7-14(29)26-28)17(30)27(2)11-4-3-10(20)15(19)16(11)21/h3-6,12H,7H2,1-2H3,(H,26,29). The lowest BCUT2D eigenvalue weighted by atomic mass is 10.1. The number of hydrogen-bond acceptors (Lipinski definition) is 4. The van der Waals surface area contributed by atoms with Gasteiger partial charge in [0.05, 0.1) is 17.7 Å². The maximum absolute atomic E-state index is 14.3. The van der Waals surface area contributed by atoms with Crippen molar-refractivity contribution in [1.82, 2.24) is 10.4 Å². The van der Waals surface area contributed by atoms with Crippen molar-refractivity contribution in [3.63, 3.8) is 0 Å². The molecule has 2 amide bonds. The quantitative estimate of drug-likeness (QED) is 0.575. The molecule has 1 aliphatic heterocycles. The number of halogens is 6. The van der Waals surface area contributed by atoms with Gasteiger partial charge in [-0.25, -0.2) is 13.8 Å². The fourth-order valence-electron chi connectivity index (χ4n) is 2.99. The summed E-state index contributed by atoms with van der Waals surface area (Å²) < 4.78 is 67.1. The van der Waals surface area contributed by atoms with Crippen LogP contribution in [0.4, 0.5) is 33.5 Å². The number of nitrogens with zero attached hydrogens (tertiary/aromatic N) is 3. The summed E-state index contributed by atoms with van der Waals surface area (Å²) in [6.45, 7) is 1.33. The van der Waals surface area contributed by atoms with Gasteiger partial charge in [-0.2, -0.15) is 13.2 Å². The van der Waals surface area contributed by atoms with Crippen molar-refractivity contribution < 1.29 is 31.5 Å². The molecular formula is C18H14ClF5N4O2. The number of likely N-dealkylation sites (N-methyl/N-ethyl adjacent to an activating group) is 1. The van der Waals surface area contributed by atoms with Crippen LogP contribution in [0.15, 0.2) is 24.3 Å². The predicted molar refractivity (Wildman–Crippen MR) is 97.8 cm³/mol. The van der Waals surface area contributed by atoms with Crippen molar-refractivity contribution in [2.45, 2.75) is 25.6 Å². The summed E-state index contributed by atoms with van der Waals surface area (Å²) in [7, 11) is 1.17. The van der Waals surface area contributed by atoms with Gasteiger partial charge < -0.3 is 4.90 Å². The minimum Gasteiger partial charge on any atom is -0.311 e. The average molecular weight is 449 g/mol. The molecule has 2 heterocycles. The van der Waals surface area contributed by atoms with E-state index in [0.717, 1.165) is 28.1 Å². The molecule has 30 heavy (non-hydrogen) atoms. The van der Waals surface area contributed by atoms with Crippen LogP contribution in [-0.2, 0) is 15.8 Å². The van der Waals surface area contributed by atoms with E-state index >= 15 is 0 Å². The summed E-state index contributed by atoms with van der Waals surface area (Å²) in [6, 6.07) is 2.03. The average Bonchev–Trinajstić information content (AvgIpc) is 3.06. The van der Waals surface area contributed by atoms with Crippen LogP contribution in [-0.4, -0.2) is 29.9 Å². The van der Waals surface area contributed by atoms with E-state index < -0.39 is 52.7 Å². The summed E-state index contributed by atoms with van der Waals surface area (Å²) in [5.74, 6) is -4.01. The van der Waals surface area contributed by atoms with Crippen molar-refractivity contribution >= 4 is 34.9 Å². The highest BCUT2D eigenvalue weighted by atomic mass is 35.5. The molecule has 1 fully saturated rings. The summed E-state index contributed by atoms with van der Waals surface area (Å²) in [6.07, 6.45) is -5.08. The van der Waals surface area contributed by atoms with Crippen LogP contribution in [0.5, 0.6) is 0 Å². The molecule has 1 aromatic carbocycles. The first-order valence-corrected chi connectivity index (χ1v) is 8.83. The Labute approximate surface area is 172 Å².